The number of hydrogen-bond donors (Lipinski definition) is 0. The Balaban J connectivity index is 2.66. The van der Waals surface area contributed by atoms with Crippen LogP contribution in [-0.4, -0.2) is 12.8 Å². The van der Waals surface area contributed by atoms with Crippen LogP contribution in [0.4, 0.5) is 4.20 Å². The van der Waals surface area contributed by atoms with E-state index in [1.807, 2.05) is 0 Å². The summed E-state index contributed by atoms with van der Waals surface area (Å²) in [6.45, 7) is 7.45. The third kappa shape index (κ3) is 4.24. The largest absolute Gasteiger partial charge is 0.364 e. The highest BCUT2D eigenvalue weighted by Crippen LogP contribution is 2.50. The molecule has 0 heterocycles. The van der Waals surface area contributed by atoms with Gasteiger partial charge < -0.3 is 4.52 Å². The summed E-state index contributed by atoms with van der Waals surface area (Å²) in [7, 11) is -3.84. The summed E-state index contributed by atoms with van der Waals surface area (Å²) in [5.41, 5.74) is 0. The maximum absolute atomic E-state index is 13.1. The van der Waals surface area contributed by atoms with Crippen LogP contribution in [0.25, 0.3) is 0 Å². The highest BCUT2D eigenvalue weighted by molar-refractivity contribution is 7.52. The van der Waals surface area contributed by atoms with Crippen molar-refractivity contribution >= 4 is 7.68 Å². The molecule has 1 rings (SSSR count). The molecule has 0 amide bonds. The van der Waals surface area contributed by atoms with Gasteiger partial charge >= 0.3 is 7.68 Å². The maximum Gasteiger partial charge on any atom is 0.364 e. The molecule has 0 N–H and O–H groups in total. The SMILES string of the molecule is CC1CCC(C(C)C)C(OP(C)(=O)F)C1. The van der Waals surface area contributed by atoms with Crippen LogP contribution < -0.4 is 0 Å². The van der Waals surface area contributed by atoms with Gasteiger partial charge in [-0.25, -0.2) is 0 Å². The molecule has 15 heavy (non-hydrogen) atoms. The third-order valence-corrected chi connectivity index (χ3v) is 3.93. The van der Waals surface area contributed by atoms with Gasteiger partial charge in [0.15, 0.2) is 0 Å². The van der Waals surface area contributed by atoms with E-state index in [9.17, 15) is 8.76 Å². The van der Waals surface area contributed by atoms with Crippen molar-refractivity contribution < 1.29 is 13.3 Å². The van der Waals surface area contributed by atoms with Gasteiger partial charge in [-0.15, -0.1) is 0 Å². The topological polar surface area (TPSA) is 26.3 Å². The molecule has 0 spiro atoms. The van der Waals surface area contributed by atoms with Gasteiger partial charge in [-0.05, 0) is 30.6 Å². The van der Waals surface area contributed by atoms with Gasteiger partial charge in [-0.1, -0.05) is 27.2 Å². The van der Waals surface area contributed by atoms with E-state index >= 15 is 0 Å². The minimum absolute atomic E-state index is 0.158. The van der Waals surface area contributed by atoms with Gasteiger partial charge in [-0.3, -0.25) is 4.57 Å². The molecule has 0 bridgehead atoms. The Hall–Kier alpha value is 0.120. The Morgan fingerprint density at radius 2 is 2.00 bits per heavy atom. The lowest BCUT2D eigenvalue weighted by Gasteiger charge is -2.37. The van der Waals surface area contributed by atoms with Crippen molar-refractivity contribution in [1.82, 2.24) is 0 Å². The Labute approximate surface area is 92.2 Å². The van der Waals surface area contributed by atoms with Crippen molar-refractivity contribution in [2.45, 2.75) is 46.1 Å². The summed E-state index contributed by atoms with van der Waals surface area (Å²) >= 11 is 0. The second kappa shape index (κ2) is 4.97. The molecule has 1 fully saturated rings. The molecule has 1 saturated carbocycles. The molecule has 1 aliphatic carbocycles. The van der Waals surface area contributed by atoms with Gasteiger partial charge in [0, 0.05) is 6.66 Å². The molecule has 0 aromatic heterocycles. The normalized spacial score (nSPS) is 36.5. The fourth-order valence-corrected chi connectivity index (χ4v) is 3.20. The second-order valence-electron chi connectivity index (χ2n) is 5.22. The predicted molar refractivity (Wildman–Crippen MR) is 60.9 cm³/mol. The molecule has 1 aliphatic rings. The smallest absolute Gasteiger partial charge is 0.302 e. The van der Waals surface area contributed by atoms with Crippen LogP contribution in [0.3, 0.4) is 0 Å². The summed E-state index contributed by atoms with van der Waals surface area (Å²) in [6, 6.07) is 0. The van der Waals surface area contributed by atoms with Gasteiger partial charge in [0.05, 0.1) is 6.10 Å². The van der Waals surface area contributed by atoms with Crippen LogP contribution in [-0.2, 0) is 9.09 Å². The van der Waals surface area contributed by atoms with Crippen molar-refractivity contribution in [1.29, 1.82) is 0 Å². The van der Waals surface area contributed by atoms with E-state index in [0.717, 1.165) is 19.5 Å². The lowest BCUT2D eigenvalue weighted by Crippen LogP contribution is -2.33. The zero-order valence-electron chi connectivity index (χ0n) is 10.1. The van der Waals surface area contributed by atoms with E-state index in [1.165, 1.54) is 6.42 Å². The zero-order valence-corrected chi connectivity index (χ0v) is 11.0. The first-order chi connectivity index (χ1) is 6.79. The van der Waals surface area contributed by atoms with Crippen LogP contribution in [0.2, 0.25) is 0 Å². The Morgan fingerprint density at radius 3 is 2.47 bits per heavy atom. The fourth-order valence-electron chi connectivity index (χ4n) is 2.48. The summed E-state index contributed by atoms with van der Waals surface area (Å²) in [4.78, 5) is 0. The molecular weight excluding hydrogens is 214 g/mol. The van der Waals surface area contributed by atoms with Crippen LogP contribution in [0.15, 0.2) is 0 Å². The average molecular weight is 236 g/mol. The molecule has 4 heteroatoms. The van der Waals surface area contributed by atoms with Gasteiger partial charge in [0.25, 0.3) is 0 Å². The minimum Gasteiger partial charge on any atom is -0.302 e. The van der Waals surface area contributed by atoms with Crippen molar-refractivity contribution in [3.63, 3.8) is 0 Å². The molecule has 0 radical (unpaired) electrons. The standard InChI is InChI=1S/C11H22FO2P/c1-8(2)10-6-5-9(3)7-11(10)14-15(4,12)13/h8-11H,5-7H2,1-4H3. The minimum atomic E-state index is -3.84. The quantitative estimate of drug-likeness (QED) is 0.684. The number of rotatable bonds is 3. The van der Waals surface area contributed by atoms with Crippen LogP contribution in [0.5, 0.6) is 0 Å². The van der Waals surface area contributed by atoms with Crippen molar-refractivity contribution in [3.8, 4) is 0 Å². The number of hydrogen-bond acceptors (Lipinski definition) is 2. The summed E-state index contributed by atoms with van der Waals surface area (Å²) in [5.74, 6) is 1.37. The summed E-state index contributed by atoms with van der Waals surface area (Å²) in [6.07, 6.45) is 2.91. The van der Waals surface area contributed by atoms with Crippen molar-refractivity contribution in [2.75, 3.05) is 6.66 Å². The lowest BCUT2D eigenvalue weighted by molar-refractivity contribution is 0.0435. The lowest BCUT2D eigenvalue weighted by atomic mass is 9.75. The predicted octanol–water partition coefficient (Wildman–Crippen LogP) is 4.26. The third-order valence-electron chi connectivity index (χ3n) is 3.28. The molecule has 0 aromatic rings. The van der Waals surface area contributed by atoms with E-state index in [1.54, 1.807) is 0 Å². The first-order valence-electron chi connectivity index (χ1n) is 5.75. The molecule has 0 aromatic carbocycles. The average Bonchev–Trinajstić information content (AvgIpc) is 1.99. The van der Waals surface area contributed by atoms with E-state index in [-0.39, 0.29) is 6.10 Å². The first kappa shape index (κ1) is 13.2. The van der Waals surface area contributed by atoms with Crippen LogP contribution >= 0.6 is 7.68 Å². The van der Waals surface area contributed by atoms with E-state index < -0.39 is 7.68 Å². The van der Waals surface area contributed by atoms with Crippen molar-refractivity contribution in [2.24, 2.45) is 17.8 Å². The Bertz CT molecular complexity index is 249. The Kier molecular flexibility index (Phi) is 4.37. The second-order valence-corrected chi connectivity index (χ2v) is 6.92. The maximum atomic E-state index is 13.1. The van der Waals surface area contributed by atoms with E-state index in [2.05, 4.69) is 20.8 Å². The molecular formula is C11H22FO2P. The van der Waals surface area contributed by atoms with E-state index in [0.29, 0.717) is 17.8 Å². The molecule has 4 unspecified atom stereocenters. The monoisotopic (exact) mass is 236 g/mol. The highest BCUT2D eigenvalue weighted by Gasteiger charge is 2.34. The van der Waals surface area contributed by atoms with Gasteiger partial charge in [0.1, 0.15) is 0 Å². The van der Waals surface area contributed by atoms with Crippen molar-refractivity contribution in [3.05, 3.63) is 0 Å². The summed E-state index contributed by atoms with van der Waals surface area (Å²) < 4.78 is 29.3. The molecule has 0 aliphatic heterocycles. The molecule has 2 nitrogen and oxygen atoms in total. The Morgan fingerprint density at radius 1 is 1.40 bits per heavy atom. The first-order valence-corrected chi connectivity index (χ1v) is 7.71. The van der Waals surface area contributed by atoms with Crippen LogP contribution in [0, 0.1) is 17.8 Å². The highest BCUT2D eigenvalue weighted by atomic mass is 31.2. The zero-order chi connectivity index (χ0) is 11.6. The van der Waals surface area contributed by atoms with Gasteiger partial charge in [-0.2, -0.15) is 4.20 Å². The van der Waals surface area contributed by atoms with Gasteiger partial charge in [0.2, 0.25) is 0 Å². The summed E-state index contributed by atoms with van der Waals surface area (Å²) in [5, 5.41) is 0. The molecule has 0 saturated heterocycles. The molecule has 4 atom stereocenters. The van der Waals surface area contributed by atoms with Crippen LogP contribution in [0.1, 0.15) is 40.0 Å². The number of halogens is 1. The van der Waals surface area contributed by atoms with E-state index in [4.69, 9.17) is 4.52 Å². The fraction of sp³-hybridized carbons (Fsp3) is 1.00. The molecule has 90 valence electrons.